The molecule has 32 heavy (non-hydrogen) atoms. The van der Waals surface area contributed by atoms with Gasteiger partial charge in [0.05, 0.1) is 35.8 Å². The largest absolute Gasteiger partial charge is 0.497 e. The normalized spacial score (nSPS) is 11.1. The van der Waals surface area contributed by atoms with Crippen LogP contribution in [0.1, 0.15) is 17.7 Å². The van der Waals surface area contributed by atoms with Crippen LogP contribution in [0.5, 0.6) is 11.5 Å². The van der Waals surface area contributed by atoms with Gasteiger partial charge in [0, 0.05) is 23.0 Å². The van der Waals surface area contributed by atoms with E-state index in [4.69, 9.17) is 21.1 Å². The first-order chi connectivity index (χ1) is 15.7. The highest BCUT2D eigenvalue weighted by Crippen LogP contribution is 2.35. The Labute approximate surface area is 201 Å². The monoisotopic (exact) mass is 485 g/mol. The predicted octanol–water partition coefficient (Wildman–Crippen LogP) is 6.65. The van der Waals surface area contributed by atoms with Crippen molar-refractivity contribution in [3.05, 3.63) is 71.0 Å². The van der Waals surface area contributed by atoms with Crippen molar-refractivity contribution in [1.82, 2.24) is 15.0 Å². The van der Waals surface area contributed by atoms with E-state index in [2.05, 4.69) is 27.1 Å². The Morgan fingerprint density at radius 3 is 2.62 bits per heavy atom. The minimum absolute atomic E-state index is 0.666. The molecule has 0 fully saturated rings. The number of aromatic nitrogens is 3. The number of methoxy groups -OCH3 is 2. The summed E-state index contributed by atoms with van der Waals surface area (Å²) >= 11 is 9.37. The van der Waals surface area contributed by atoms with E-state index in [1.165, 1.54) is 5.56 Å². The van der Waals surface area contributed by atoms with Gasteiger partial charge in [0.2, 0.25) is 0 Å². The number of pyridine rings is 1. The summed E-state index contributed by atoms with van der Waals surface area (Å²) in [6, 6.07) is 15.9. The molecule has 8 heteroatoms. The van der Waals surface area contributed by atoms with Crippen LogP contribution in [0, 0.1) is 0 Å². The maximum Gasteiger partial charge on any atom is 0.166 e. The molecule has 0 atom stereocenters. The number of halogens is 1. The second kappa shape index (κ2) is 11.0. The van der Waals surface area contributed by atoms with Crippen LogP contribution < -0.4 is 9.47 Å². The van der Waals surface area contributed by atoms with Crippen molar-refractivity contribution >= 4 is 46.2 Å². The maximum atomic E-state index is 5.96. The average molecular weight is 486 g/mol. The van der Waals surface area contributed by atoms with Gasteiger partial charge in [0.15, 0.2) is 10.9 Å². The zero-order valence-corrected chi connectivity index (χ0v) is 20.3. The highest BCUT2D eigenvalue weighted by Gasteiger charge is 2.13. The molecule has 0 aliphatic rings. The predicted molar refractivity (Wildman–Crippen MR) is 133 cm³/mol. The zero-order chi connectivity index (χ0) is 22.3. The molecule has 0 saturated carbocycles. The molecule has 0 aliphatic carbocycles. The first-order valence-corrected chi connectivity index (χ1v) is 12.6. The molecule has 0 spiro atoms. The average Bonchev–Trinajstić information content (AvgIpc) is 3.23. The molecule has 0 saturated heterocycles. The Balaban J connectivity index is 1.37. The Morgan fingerprint density at radius 1 is 1.00 bits per heavy atom. The van der Waals surface area contributed by atoms with E-state index in [-0.39, 0.29) is 0 Å². The van der Waals surface area contributed by atoms with E-state index in [0.29, 0.717) is 5.75 Å². The lowest BCUT2D eigenvalue weighted by atomic mass is 10.1. The summed E-state index contributed by atoms with van der Waals surface area (Å²) in [6.45, 7) is 0. The zero-order valence-electron chi connectivity index (χ0n) is 17.9. The van der Waals surface area contributed by atoms with Gasteiger partial charge in [0.25, 0.3) is 0 Å². The molecule has 2 aromatic heterocycles. The highest BCUT2D eigenvalue weighted by molar-refractivity contribution is 7.99. The lowest BCUT2D eigenvalue weighted by Gasteiger charge is -2.12. The molecule has 2 aromatic carbocycles. The number of ether oxygens (including phenoxy) is 2. The lowest BCUT2D eigenvalue weighted by molar-refractivity contribution is 0.398. The van der Waals surface area contributed by atoms with Crippen LogP contribution >= 0.6 is 35.1 Å². The van der Waals surface area contributed by atoms with Crippen molar-refractivity contribution < 1.29 is 9.47 Å². The summed E-state index contributed by atoms with van der Waals surface area (Å²) in [5.74, 6) is 3.32. The molecule has 166 valence electrons. The molecule has 0 radical (unpaired) electrons. The summed E-state index contributed by atoms with van der Waals surface area (Å²) in [6.07, 6.45) is 3.95. The van der Waals surface area contributed by atoms with Gasteiger partial charge < -0.3 is 14.5 Å². The quantitative estimate of drug-likeness (QED) is 0.200. The Bertz CT molecular complexity index is 1180. The van der Waals surface area contributed by atoms with E-state index in [0.717, 1.165) is 61.9 Å². The number of thioether (sulfide) groups is 2. The van der Waals surface area contributed by atoms with E-state index < -0.39 is 0 Å². The van der Waals surface area contributed by atoms with Crippen LogP contribution in [0.25, 0.3) is 11.0 Å². The second-order valence-electron chi connectivity index (χ2n) is 7.08. The first kappa shape index (κ1) is 22.8. The summed E-state index contributed by atoms with van der Waals surface area (Å²) in [5.41, 5.74) is 4.09. The molecule has 5 nitrogen and oxygen atoms in total. The van der Waals surface area contributed by atoms with Gasteiger partial charge in [-0.15, -0.1) is 11.8 Å². The van der Waals surface area contributed by atoms with Gasteiger partial charge >= 0.3 is 0 Å². The van der Waals surface area contributed by atoms with E-state index >= 15 is 0 Å². The van der Waals surface area contributed by atoms with Crippen LogP contribution in [-0.4, -0.2) is 34.9 Å². The highest BCUT2D eigenvalue weighted by atomic mass is 35.5. The van der Waals surface area contributed by atoms with Crippen molar-refractivity contribution in [2.24, 2.45) is 0 Å². The van der Waals surface area contributed by atoms with E-state index in [1.54, 1.807) is 37.7 Å². The van der Waals surface area contributed by atoms with Crippen LogP contribution in [0.3, 0.4) is 0 Å². The molecular formula is C24H24ClN3O2S2. The summed E-state index contributed by atoms with van der Waals surface area (Å²) in [4.78, 5) is 13.7. The second-order valence-corrected chi connectivity index (χ2v) is 9.62. The van der Waals surface area contributed by atoms with Crippen molar-refractivity contribution in [2.45, 2.75) is 28.6 Å². The van der Waals surface area contributed by atoms with Gasteiger partial charge in [-0.1, -0.05) is 35.5 Å². The number of imidazole rings is 1. The molecule has 0 unspecified atom stereocenters. The van der Waals surface area contributed by atoms with Crippen molar-refractivity contribution in [3.63, 3.8) is 0 Å². The Hall–Kier alpha value is -2.35. The van der Waals surface area contributed by atoms with Gasteiger partial charge in [-0.3, -0.25) is 4.98 Å². The SMILES string of the molecule is COc1ccc2nc(SCc3nccc(SCCCc4ccc(Cl)cc4)c3OC)[nH]c2c1. The fraction of sp³-hybridized carbons (Fsp3) is 0.250. The third-order valence-electron chi connectivity index (χ3n) is 4.94. The van der Waals surface area contributed by atoms with Crippen molar-refractivity contribution in [3.8, 4) is 11.5 Å². The first-order valence-electron chi connectivity index (χ1n) is 10.2. The fourth-order valence-corrected chi connectivity index (χ4v) is 5.26. The van der Waals surface area contributed by atoms with Crippen LogP contribution in [0.2, 0.25) is 5.02 Å². The number of nitrogens with one attached hydrogen (secondary N) is 1. The number of fused-ring (bicyclic) bond motifs is 1. The van der Waals surface area contributed by atoms with E-state index in [1.807, 2.05) is 42.6 Å². The number of rotatable bonds is 10. The molecule has 2 heterocycles. The summed E-state index contributed by atoms with van der Waals surface area (Å²) < 4.78 is 11.0. The molecule has 1 N–H and O–H groups in total. The van der Waals surface area contributed by atoms with Gasteiger partial charge in [0.1, 0.15) is 5.75 Å². The topological polar surface area (TPSA) is 60.0 Å². The van der Waals surface area contributed by atoms with Crippen molar-refractivity contribution in [1.29, 1.82) is 0 Å². The van der Waals surface area contributed by atoms with Crippen LogP contribution in [-0.2, 0) is 12.2 Å². The third-order valence-corrected chi connectivity index (χ3v) is 7.20. The summed E-state index contributed by atoms with van der Waals surface area (Å²) in [7, 11) is 3.37. The molecule has 4 aromatic rings. The molecule has 0 bridgehead atoms. The number of hydrogen-bond donors (Lipinski definition) is 1. The number of aromatic amines is 1. The number of hydrogen-bond acceptors (Lipinski definition) is 6. The molecular weight excluding hydrogens is 462 g/mol. The standard InChI is InChI=1S/C24H24ClN3O2S2/c1-29-18-9-10-19-20(14-18)28-24(27-19)32-15-21-23(30-2)22(11-12-26-21)31-13-3-4-16-5-7-17(25)8-6-16/h5-12,14H,3-4,13,15H2,1-2H3,(H,27,28). The minimum Gasteiger partial charge on any atom is -0.497 e. The Kier molecular flexibility index (Phi) is 7.84. The Morgan fingerprint density at radius 2 is 1.84 bits per heavy atom. The molecule has 4 rings (SSSR count). The van der Waals surface area contributed by atoms with Gasteiger partial charge in [-0.05, 0) is 54.5 Å². The lowest BCUT2D eigenvalue weighted by Crippen LogP contribution is -1.97. The van der Waals surface area contributed by atoms with Gasteiger partial charge in [-0.25, -0.2) is 4.98 Å². The number of benzene rings is 2. The van der Waals surface area contributed by atoms with Gasteiger partial charge in [-0.2, -0.15) is 0 Å². The molecule has 0 aliphatic heterocycles. The van der Waals surface area contributed by atoms with Crippen LogP contribution in [0.4, 0.5) is 0 Å². The minimum atomic E-state index is 0.666. The third kappa shape index (κ3) is 5.71. The van der Waals surface area contributed by atoms with E-state index in [9.17, 15) is 0 Å². The number of aryl methyl sites for hydroxylation is 1. The van der Waals surface area contributed by atoms with Crippen LogP contribution in [0.15, 0.2) is 64.8 Å². The maximum absolute atomic E-state index is 5.96. The van der Waals surface area contributed by atoms with Crippen molar-refractivity contribution in [2.75, 3.05) is 20.0 Å². The number of nitrogens with zero attached hydrogens (tertiary/aromatic N) is 2. The smallest absolute Gasteiger partial charge is 0.166 e. The summed E-state index contributed by atoms with van der Waals surface area (Å²) in [5, 5.41) is 1.62. The molecule has 0 amide bonds. The fourth-order valence-electron chi connectivity index (χ4n) is 3.31. The number of H-pyrrole nitrogens is 1.